The molecule has 4 heteroatoms. The van der Waals surface area contributed by atoms with Gasteiger partial charge in [0.25, 0.3) is 0 Å². The summed E-state index contributed by atoms with van der Waals surface area (Å²) in [5, 5.41) is 0. The molecule has 112 valence electrons. The Bertz CT molecular complexity index is 464. The largest absolute Gasteiger partial charge is 0.489 e. The van der Waals surface area contributed by atoms with Crippen molar-refractivity contribution in [2.45, 2.75) is 38.8 Å². The van der Waals surface area contributed by atoms with Gasteiger partial charge in [-0.1, -0.05) is 6.07 Å². The molecule has 2 aliphatic rings. The molecular weight excluding hydrogens is 268 g/mol. The van der Waals surface area contributed by atoms with Crippen LogP contribution < -0.4 is 9.64 Å². The van der Waals surface area contributed by atoms with E-state index in [9.17, 15) is 0 Å². The molecule has 3 rings (SSSR count). The third-order valence-electron chi connectivity index (χ3n) is 4.26. The molecule has 0 bridgehead atoms. The fourth-order valence-electron chi connectivity index (χ4n) is 3.18. The molecule has 0 radical (unpaired) electrons. The van der Waals surface area contributed by atoms with Crippen LogP contribution in [-0.2, 0) is 6.42 Å². The molecule has 1 atom stereocenters. The second kappa shape index (κ2) is 6.27. The quantitative estimate of drug-likeness (QED) is 0.852. The maximum absolute atomic E-state index is 6.13. The fraction of sp³-hybridized carbons (Fsp3) is 0.625. The van der Waals surface area contributed by atoms with Crippen molar-refractivity contribution in [2.24, 2.45) is 0 Å². The van der Waals surface area contributed by atoms with Gasteiger partial charge in [-0.25, -0.2) is 0 Å². The molecule has 1 saturated heterocycles. The molecule has 0 spiro atoms. The number of benzene rings is 1. The van der Waals surface area contributed by atoms with Crippen LogP contribution >= 0.6 is 13.5 Å². The first kappa shape index (κ1) is 15.5. The summed E-state index contributed by atoms with van der Waals surface area (Å²) in [5.74, 6) is 1.03. The van der Waals surface area contributed by atoms with Crippen molar-refractivity contribution in [2.75, 3.05) is 31.6 Å². The van der Waals surface area contributed by atoms with Gasteiger partial charge in [-0.2, -0.15) is 13.5 Å². The van der Waals surface area contributed by atoms with E-state index in [4.69, 9.17) is 4.74 Å². The van der Waals surface area contributed by atoms with Crippen LogP contribution in [0.25, 0.3) is 0 Å². The maximum atomic E-state index is 6.13. The van der Waals surface area contributed by atoms with Crippen LogP contribution in [0.4, 0.5) is 5.69 Å². The molecule has 3 nitrogen and oxygen atoms in total. The molecule has 0 aliphatic carbocycles. The standard InChI is InChI=1S/C16H24N2O.H2S/c1-12(2)18-9-6-13-4-5-14(10-16(13)18)19-15-7-8-17(3)11-15;/h4-5,10,12,15H,6-9,11H2,1-3H3;1H2/t15-;/m0./s1. The molecule has 2 aliphatic heterocycles. The zero-order valence-corrected chi connectivity index (χ0v) is 13.7. The van der Waals surface area contributed by atoms with Crippen LogP contribution in [0.1, 0.15) is 25.8 Å². The summed E-state index contributed by atoms with van der Waals surface area (Å²) in [6.07, 6.45) is 2.67. The van der Waals surface area contributed by atoms with E-state index >= 15 is 0 Å². The summed E-state index contributed by atoms with van der Waals surface area (Å²) < 4.78 is 6.13. The van der Waals surface area contributed by atoms with E-state index in [0.717, 1.165) is 31.8 Å². The Hall–Kier alpha value is -0.870. The highest BCUT2D eigenvalue weighted by Crippen LogP contribution is 2.33. The van der Waals surface area contributed by atoms with Gasteiger partial charge in [0.15, 0.2) is 0 Å². The second-order valence-electron chi connectivity index (χ2n) is 6.12. The van der Waals surface area contributed by atoms with Crippen LogP contribution in [0.15, 0.2) is 18.2 Å². The van der Waals surface area contributed by atoms with E-state index < -0.39 is 0 Å². The molecule has 0 aromatic heterocycles. The molecular formula is C16H26N2OS. The lowest BCUT2D eigenvalue weighted by Crippen LogP contribution is -2.28. The number of anilines is 1. The van der Waals surface area contributed by atoms with E-state index in [1.807, 2.05) is 0 Å². The molecule has 0 unspecified atom stereocenters. The molecule has 1 aromatic carbocycles. The SMILES string of the molecule is CC(C)N1CCc2ccc(O[C@H]3CCN(C)C3)cc21.S. The highest BCUT2D eigenvalue weighted by Gasteiger charge is 2.24. The number of likely N-dealkylation sites (tertiary alicyclic amines) is 1. The Morgan fingerprint density at radius 1 is 1.25 bits per heavy atom. The third kappa shape index (κ3) is 3.07. The van der Waals surface area contributed by atoms with E-state index in [2.05, 4.69) is 48.9 Å². The average molecular weight is 294 g/mol. The first-order chi connectivity index (χ1) is 9.13. The number of hydrogen-bond donors (Lipinski definition) is 0. The Kier molecular flexibility index (Phi) is 4.86. The van der Waals surface area contributed by atoms with E-state index in [-0.39, 0.29) is 13.5 Å². The molecule has 1 aromatic rings. The first-order valence-corrected chi connectivity index (χ1v) is 7.38. The number of ether oxygens (including phenoxy) is 1. The molecule has 1 fully saturated rings. The van der Waals surface area contributed by atoms with E-state index in [0.29, 0.717) is 12.1 Å². The first-order valence-electron chi connectivity index (χ1n) is 7.38. The maximum Gasteiger partial charge on any atom is 0.121 e. The van der Waals surface area contributed by atoms with Crippen LogP contribution in [0.2, 0.25) is 0 Å². The minimum Gasteiger partial charge on any atom is -0.489 e. The van der Waals surface area contributed by atoms with E-state index in [1.165, 1.54) is 17.7 Å². The molecule has 0 N–H and O–H groups in total. The summed E-state index contributed by atoms with van der Waals surface area (Å²) in [4.78, 5) is 4.81. The lowest BCUT2D eigenvalue weighted by Gasteiger charge is -2.24. The highest BCUT2D eigenvalue weighted by atomic mass is 32.1. The fourth-order valence-corrected chi connectivity index (χ4v) is 3.18. The average Bonchev–Trinajstić information content (AvgIpc) is 2.95. The van der Waals surface area contributed by atoms with Gasteiger partial charge in [-0.05, 0) is 45.4 Å². The molecule has 2 heterocycles. The summed E-state index contributed by atoms with van der Waals surface area (Å²) in [7, 11) is 2.16. The van der Waals surface area contributed by atoms with E-state index in [1.54, 1.807) is 0 Å². The predicted octanol–water partition coefficient (Wildman–Crippen LogP) is 2.65. The molecule has 20 heavy (non-hydrogen) atoms. The Morgan fingerprint density at radius 3 is 2.70 bits per heavy atom. The molecule has 0 saturated carbocycles. The number of hydrogen-bond acceptors (Lipinski definition) is 3. The number of fused-ring (bicyclic) bond motifs is 1. The van der Waals surface area contributed by atoms with Crippen molar-refractivity contribution in [3.63, 3.8) is 0 Å². The van der Waals surface area contributed by atoms with Crippen molar-refractivity contribution in [3.8, 4) is 5.75 Å². The summed E-state index contributed by atoms with van der Waals surface area (Å²) in [6, 6.07) is 7.18. The number of likely N-dealkylation sites (N-methyl/N-ethyl adjacent to an activating group) is 1. The van der Waals surface area contributed by atoms with Crippen LogP contribution in [-0.4, -0.2) is 43.7 Å². The zero-order valence-electron chi connectivity index (χ0n) is 12.7. The minimum absolute atomic E-state index is 0. The van der Waals surface area contributed by atoms with Gasteiger partial charge in [0.2, 0.25) is 0 Å². The number of nitrogens with zero attached hydrogens (tertiary/aromatic N) is 2. The second-order valence-corrected chi connectivity index (χ2v) is 6.12. The zero-order chi connectivity index (χ0) is 13.4. The Labute approximate surface area is 129 Å². The van der Waals surface area contributed by atoms with Gasteiger partial charge in [0.1, 0.15) is 11.9 Å². The smallest absolute Gasteiger partial charge is 0.121 e. The minimum atomic E-state index is 0. The van der Waals surface area contributed by atoms with Crippen molar-refractivity contribution >= 4 is 19.2 Å². The summed E-state index contributed by atoms with van der Waals surface area (Å²) in [5.41, 5.74) is 2.84. The normalized spacial score (nSPS) is 22.0. The molecule has 0 amide bonds. The van der Waals surface area contributed by atoms with Crippen molar-refractivity contribution in [1.82, 2.24) is 4.90 Å². The van der Waals surface area contributed by atoms with Gasteiger partial charge >= 0.3 is 0 Å². The number of rotatable bonds is 3. The monoisotopic (exact) mass is 294 g/mol. The Morgan fingerprint density at radius 2 is 2.05 bits per heavy atom. The van der Waals surface area contributed by atoms with Crippen LogP contribution in [0.3, 0.4) is 0 Å². The van der Waals surface area contributed by atoms with Gasteiger partial charge in [-0.3, -0.25) is 0 Å². The van der Waals surface area contributed by atoms with Crippen LogP contribution in [0, 0.1) is 0 Å². The Balaban J connectivity index is 0.00000147. The van der Waals surface area contributed by atoms with Gasteiger partial charge in [0, 0.05) is 37.4 Å². The topological polar surface area (TPSA) is 15.7 Å². The summed E-state index contributed by atoms with van der Waals surface area (Å²) >= 11 is 0. The van der Waals surface area contributed by atoms with Gasteiger partial charge < -0.3 is 14.5 Å². The van der Waals surface area contributed by atoms with Gasteiger partial charge in [-0.15, -0.1) is 0 Å². The predicted molar refractivity (Wildman–Crippen MR) is 89.5 cm³/mol. The lowest BCUT2D eigenvalue weighted by atomic mass is 10.1. The van der Waals surface area contributed by atoms with Crippen molar-refractivity contribution in [3.05, 3.63) is 23.8 Å². The third-order valence-corrected chi connectivity index (χ3v) is 4.26. The highest BCUT2D eigenvalue weighted by molar-refractivity contribution is 7.59. The van der Waals surface area contributed by atoms with Crippen molar-refractivity contribution < 1.29 is 4.74 Å². The van der Waals surface area contributed by atoms with Crippen LogP contribution in [0.5, 0.6) is 5.75 Å². The summed E-state index contributed by atoms with van der Waals surface area (Å²) in [6.45, 7) is 7.85. The lowest BCUT2D eigenvalue weighted by molar-refractivity contribution is 0.208. The van der Waals surface area contributed by atoms with Crippen molar-refractivity contribution in [1.29, 1.82) is 0 Å². The van der Waals surface area contributed by atoms with Gasteiger partial charge in [0.05, 0.1) is 0 Å².